The molecule has 1 aliphatic rings. The third-order valence-corrected chi connectivity index (χ3v) is 5.29. The predicted octanol–water partition coefficient (Wildman–Crippen LogP) is 3.79. The van der Waals surface area contributed by atoms with E-state index in [1.807, 2.05) is 42.5 Å². The van der Waals surface area contributed by atoms with E-state index in [0.29, 0.717) is 6.42 Å². The number of para-hydroxylation sites is 2. The molecule has 1 heterocycles. The minimum atomic E-state index is 0.0683. The number of ether oxygens (including phenoxy) is 1. The monoisotopic (exact) mass is 402 g/mol. The Hall–Kier alpha value is -2.01. The molecule has 1 N–H and O–H groups in total. The standard InChI is InChI=1S/C20H23BrN2O2/c1-25-19-11-5-4-10-18(19)23-12-6-8-16(14-23)22-20(24)13-15-7-2-3-9-17(15)21/h2-5,7,9-11,16H,6,8,12-14H2,1H3,(H,22,24). The van der Waals surface area contributed by atoms with Crippen LogP contribution < -0.4 is 15.0 Å². The molecule has 5 heteroatoms. The third kappa shape index (κ3) is 4.54. The molecule has 25 heavy (non-hydrogen) atoms. The lowest BCUT2D eigenvalue weighted by Gasteiger charge is -2.35. The molecule has 2 aromatic rings. The summed E-state index contributed by atoms with van der Waals surface area (Å²) in [6.45, 7) is 1.79. The molecule has 0 saturated carbocycles. The summed E-state index contributed by atoms with van der Waals surface area (Å²) < 4.78 is 6.45. The van der Waals surface area contributed by atoms with E-state index in [0.717, 1.165) is 47.4 Å². The second kappa shape index (κ2) is 8.39. The maximum Gasteiger partial charge on any atom is 0.224 e. The molecule has 1 atom stereocenters. The second-order valence-electron chi connectivity index (χ2n) is 6.29. The number of amides is 1. The Bertz CT molecular complexity index is 735. The Morgan fingerprint density at radius 3 is 2.80 bits per heavy atom. The summed E-state index contributed by atoms with van der Waals surface area (Å²) in [4.78, 5) is 14.7. The summed E-state index contributed by atoms with van der Waals surface area (Å²) in [5.41, 5.74) is 2.10. The van der Waals surface area contributed by atoms with Gasteiger partial charge >= 0.3 is 0 Å². The van der Waals surface area contributed by atoms with Gasteiger partial charge in [-0.05, 0) is 36.6 Å². The lowest BCUT2D eigenvalue weighted by molar-refractivity contribution is -0.121. The van der Waals surface area contributed by atoms with Gasteiger partial charge in [-0.1, -0.05) is 46.3 Å². The van der Waals surface area contributed by atoms with Crippen molar-refractivity contribution in [2.75, 3.05) is 25.1 Å². The van der Waals surface area contributed by atoms with Crippen molar-refractivity contribution in [3.05, 3.63) is 58.6 Å². The van der Waals surface area contributed by atoms with Crippen LogP contribution in [0.2, 0.25) is 0 Å². The van der Waals surface area contributed by atoms with E-state index in [1.54, 1.807) is 7.11 Å². The normalized spacial score (nSPS) is 17.2. The Balaban J connectivity index is 1.62. The molecule has 0 spiro atoms. The maximum absolute atomic E-state index is 12.4. The summed E-state index contributed by atoms with van der Waals surface area (Å²) >= 11 is 3.50. The van der Waals surface area contributed by atoms with Gasteiger partial charge in [0.15, 0.2) is 0 Å². The Kier molecular flexibility index (Phi) is 5.97. The van der Waals surface area contributed by atoms with Gasteiger partial charge in [0.2, 0.25) is 5.91 Å². The fraction of sp³-hybridized carbons (Fsp3) is 0.350. The van der Waals surface area contributed by atoms with Crippen LogP contribution in [0.1, 0.15) is 18.4 Å². The van der Waals surface area contributed by atoms with Gasteiger partial charge in [-0.3, -0.25) is 4.79 Å². The predicted molar refractivity (Wildman–Crippen MR) is 104 cm³/mol. The number of carbonyl (C=O) groups is 1. The van der Waals surface area contributed by atoms with Gasteiger partial charge in [-0.2, -0.15) is 0 Å². The Labute approximate surface area is 157 Å². The summed E-state index contributed by atoms with van der Waals surface area (Å²) in [6, 6.07) is 16.1. The van der Waals surface area contributed by atoms with Gasteiger partial charge in [0.25, 0.3) is 0 Å². The van der Waals surface area contributed by atoms with Crippen LogP contribution in [0.4, 0.5) is 5.69 Å². The zero-order chi connectivity index (χ0) is 17.6. The number of anilines is 1. The summed E-state index contributed by atoms with van der Waals surface area (Å²) in [5, 5.41) is 3.19. The highest BCUT2D eigenvalue weighted by Gasteiger charge is 2.23. The molecule has 2 aromatic carbocycles. The third-order valence-electron chi connectivity index (χ3n) is 4.52. The van der Waals surface area contributed by atoms with E-state index in [4.69, 9.17) is 4.74 Å². The Morgan fingerprint density at radius 1 is 1.24 bits per heavy atom. The second-order valence-corrected chi connectivity index (χ2v) is 7.15. The first kappa shape index (κ1) is 17.8. The lowest BCUT2D eigenvalue weighted by atomic mass is 10.0. The molecule has 1 amide bonds. The quantitative estimate of drug-likeness (QED) is 0.826. The first-order chi connectivity index (χ1) is 12.2. The zero-order valence-corrected chi connectivity index (χ0v) is 16.0. The van der Waals surface area contributed by atoms with Crippen LogP contribution in [0.5, 0.6) is 5.75 Å². The number of nitrogens with zero attached hydrogens (tertiary/aromatic N) is 1. The molecule has 1 fully saturated rings. The van der Waals surface area contributed by atoms with Crippen molar-refractivity contribution in [2.45, 2.75) is 25.3 Å². The SMILES string of the molecule is COc1ccccc1N1CCCC(NC(=O)Cc2ccccc2Br)C1. The Morgan fingerprint density at radius 2 is 2.00 bits per heavy atom. The number of halogens is 1. The van der Waals surface area contributed by atoms with Gasteiger partial charge in [-0.15, -0.1) is 0 Å². The van der Waals surface area contributed by atoms with E-state index in [-0.39, 0.29) is 11.9 Å². The van der Waals surface area contributed by atoms with E-state index in [2.05, 4.69) is 32.2 Å². The van der Waals surface area contributed by atoms with Crippen LogP contribution >= 0.6 is 15.9 Å². The lowest BCUT2D eigenvalue weighted by Crippen LogP contribution is -2.48. The van der Waals surface area contributed by atoms with E-state index >= 15 is 0 Å². The maximum atomic E-state index is 12.4. The number of carbonyl (C=O) groups excluding carboxylic acids is 1. The first-order valence-electron chi connectivity index (χ1n) is 8.58. The molecule has 0 radical (unpaired) electrons. The molecule has 1 saturated heterocycles. The van der Waals surface area contributed by atoms with Gasteiger partial charge in [0, 0.05) is 23.6 Å². The van der Waals surface area contributed by atoms with Crippen LogP contribution in [-0.2, 0) is 11.2 Å². The van der Waals surface area contributed by atoms with Gasteiger partial charge in [0.05, 0.1) is 19.2 Å². The molecular weight excluding hydrogens is 380 g/mol. The van der Waals surface area contributed by atoms with Crippen LogP contribution in [0, 0.1) is 0 Å². The van der Waals surface area contributed by atoms with Crippen LogP contribution in [-0.4, -0.2) is 32.1 Å². The van der Waals surface area contributed by atoms with Crippen molar-refractivity contribution < 1.29 is 9.53 Å². The number of methoxy groups -OCH3 is 1. The molecule has 4 nitrogen and oxygen atoms in total. The average Bonchev–Trinajstić information content (AvgIpc) is 2.64. The van der Waals surface area contributed by atoms with Gasteiger partial charge in [0.1, 0.15) is 5.75 Å². The van der Waals surface area contributed by atoms with Crippen molar-refractivity contribution in [3.8, 4) is 5.75 Å². The molecule has 0 aliphatic carbocycles. The molecule has 1 aliphatic heterocycles. The summed E-state index contributed by atoms with van der Waals surface area (Å²) in [6.07, 6.45) is 2.46. The minimum Gasteiger partial charge on any atom is -0.495 e. The van der Waals surface area contributed by atoms with Crippen molar-refractivity contribution >= 4 is 27.5 Å². The molecule has 3 rings (SSSR count). The average molecular weight is 403 g/mol. The molecule has 0 aromatic heterocycles. The molecule has 1 unspecified atom stereocenters. The largest absolute Gasteiger partial charge is 0.495 e. The smallest absolute Gasteiger partial charge is 0.224 e. The van der Waals surface area contributed by atoms with Crippen molar-refractivity contribution in [3.63, 3.8) is 0 Å². The van der Waals surface area contributed by atoms with E-state index < -0.39 is 0 Å². The number of piperidine rings is 1. The summed E-state index contributed by atoms with van der Waals surface area (Å²) in [5.74, 6) is 0.946. The van der Waals surface area contributed by atoms with Gasteiger partial charge < -0.3 is 15.0 Å². The highest BCUT2D eigenvalue weighted by Crippen LogP contribution is 2.29. The molecule has 0 bridgehead atoms. The van der Waals surface area contributed by atoms with Crippen LogP contribution in [0.25, 0.3) is 0 Å². The first-order valence-corrected chi connectivity index (χ1v) is 9.37. The highest BCUT2D eigenvalue weighted by molar-refractivity contribution is 9.10. The molecule has 132 valence electrons. The van der Waals surface area contributed by atoms with Crippen molar-refractivity contribution in [1.29, 1.82) is 0 Å². The molecular formula is C20H23BrN2O2. The van der Waals surface area contributed by atoms with E-state index in [9.17, 15) is 4.79 Å². The number of rotatable bonds is 5. The number of benzene rings is 2. The van der Waals surface area contributed by atoms with Crippen molar-refractivity contribution in [2.24, 2.45) is 0 Å². The fourth-order valence-corrected chi connectivity index (χ4v) is 3.72. The number of nitrogens with one attached hydrogen (secondary N) is 1. The number of hydrogen-bond donors (Lipinski definition) is 1. The van der Waals surface area contributed by atoms with Crippen molar-refractivity contribution in [1.82, 2.24) is 5.32 Å². The van der Waals surface area contributed by atoms with Crippen LogP contribution in [0.3, 0.4) is 0 Å². The summed E-state index contributed by atoms with van der Waals surface area (Å²) in [7, 11) is 1.69. The van der Waals surface area contributed by atoms with Crippen LogP contribution in [0.15, 0.2) is 53.0 Å². The highest BCUT2D eigenvalue weighted by atomic mass is 79.9. The van der Waals surface area contributed by atoms with Gasteiger partial charge in [-0.25, -0.2) is 0 Å². The topological polar surface area (TPSA) is 41.6 Å². The number of hydrogen-bond acceptors (Lipinski definition) is 3. The van der Waals surface area contributed by atoms with E-state index in [1.165, 1.54) is 0 Å². The zero-order valence-electron chi connectivity index (χ0n) is 14.4. The fourth-order valence-electron chi connectivity index (χ4n) is 3.30. The minimum absolute atomic E-state index is 0.0683.